The Kier molecular flexibility index (Phi) is 4.18. The number of esters is 1. The quantitative estimate of drug-likeness (QED) is 0.342. The Bertz CT molecular complexity index is 585. The molecule has 24 heavy (non-hydrogen) atoms. The van der Waals surface area contributed by atoms with E-state index in [0.29, 0.717) is 19.8 Å². The lowest BCUT2D eigenvalue weighted by Crippen LogP contribution is -2.52. The van der Waals surface area contributed by atoms with Crippen molar-refractivity contribution in [1.29, 1.82) is 0 Å². The maximum absolute atomic E-state index is 11.6. The lowest BCUT2D eigenvalue weighted by atomic mass is 9.61. The molecule has 0 aromatic carbocycles. The van der Waals surface area contributed by atoms with Gasteiger partial charge in [-0.05, 0) is 32.4 Å². The molecular weight excluding hydrogens is 308 g/mol. The monoisotopic (exact) mass is 336 g/mol. The topological polar surface area (TPSA) is 57.3 Å². The van der Waals surface area contributed by atoms with Crippen molar-refractivity contribution >= 4 is 5.97 Å². The standard InChI is InChI=1S/C19H28O5/c1-6-21-15(20)11-14(2)7-8-19-16(3,4)12-18(22-9-10-23-18)13-17(19,5)24-19/h7-8,11H,6,9-10,12-13H2,1-5H3/b8-7+,14-11+. The van der Waals surface area contributed by atoms with E-state index in [-0.39, 0.29) is 22.6 Å². The second-order valence-corrected chi connectivity index (χ2v) is 7.89. The second-order valence-electron chi connectivity index (χ2n) is 7.89. The molecule has 2 saturated heterocycles. The van der Waals surface area contributed by atoms with Gasteiger partial charge in [0.15, 0.2) is 5.79 Å². The van der Waals surface area contributed by atoms with Gasteiger partial charge in [-0.1, -0.05) is 19.9 Å². The third kappa shape index (κ3) is 2.72. The van der Waals surface area contributed by atoms with Crippen LogP contribution in [0.4, 0.5) is 0 Å². The van der Waals surface area contributed by atoms with Crippen LogP contribution in [0.2, 0.25) is 0 Å². The van der Waals surface area contributed by atoms with Crippen molar-refractivity contribution in [2.24, 2.45) is 5.41 Å². The first-order valence-electron chi connectivity index (χ1n) is 8.70. The highest BCUT2D eigenvalue weighted by atomic mass is 16.7. The third-order valence-corrected chi connectivity index (χ3v) is 5.48. The molecule has 0 radical (unpaired) electrons. The highest BCUT2D eigenvalue weighted by Crippen LogP contribution is 2.69. The number of carbonyl (C=O) groups excluding carboxylic acids is 1. The van der Waals surface area contributed by atoms with Crippen LogP contribution in [0.3, 0.4) is 0 Å². The fourth-order valence-corrected chi connectivity index (χ4v) is 4.54. The molecule has 2 atom stereocenters. The van der Waals surface area contributed by atoms with Crippen molar-refractivity contribution in [2.75, 3.05) is 19.8 Å². The SMILES string of the molecule is CCOC(=O)/C=C(C)/C=C/C12OC1(C)CC1(CC2(C)C)OCCO1. The van der Waals surface area contributed by atoms with Gasteiger partial charge < -0.3 is 18.9 Å². The highest BCUT2D eigenvalue weighted by molar-refractivity contribution is 5.83. The summed E-state index contributed by atoms with van der Waals surface area (Å²) in [6.07, 6.45) is 7.09. The molecule has 1 aliphatic carbocycles. The number of hydrogen-bond acceptors (Lipinski definition) is 5. The van der Waals surface area contributed by atoms with E-state index in [9.17, 15) is 4.79 Å². The van der Waals surface area contributed by atoms with Gasteiger partial charge in [0.1, 0.15) is 11.2 Å². The van der Waals surface area contributed by atoms with Crippen LogP contribution in [0.1, 0.15) is 47.5 Å². The van der Waals surface area contributed by atoms with Crippen LogP contribution in [0.5, 0.6) is 0 Å². The molecule has 1 spiro atoms. The van der Waals surface area contributed by atoms with Crippen LogP contribution < -0.4 is 0 Å². The Hall–Kier alpha value is -1.17. The number of carbonyl (C=O) groups is 1. The molecule has 0 aromatic rings. The summed E-state index contributed by atoms with van der Waals surface area (Å²) in [6, 6.07) is 0. The number of ether oxygens (including phenoxy) is 4. The summed E-state index contributed by atoms with van der Waals surface area (Å²) in [4.78, 5) is 11.6. The lowest BCUT2D eigenvalue weighted by Gasteiger charge is -2.45. The first-order chi connectivity index (χ1) is 11.2. The van der Waals surface area contributed by atoms with E-state index >= 15 is 0 Å². The third-order valence-electron chi connectivity index (χ3n) is 5.48. The summed E-state index contributed by atoms with van der Waals surface area (Å²) < 4.78 is 23.1. The molecule has 0 bridgehead atoms. The van der Waals surface area contributed by atoms with Crippen molar-refractivity contribution < 1.29 is 23.7 Å². The molecular formula is C19H28O5. The molecule has 0 N–H and O–H groups in total. The summed E-state index contributed by atoms with van der Waals surface area (Å²) >= 11 is 0. The molecule has 2 aliphatic heterocycles. The summed E-state index contributed by atoms with van der Waals surface area (Å²) in [7, 11) is 0. The van der Waals surface area contributed by atoms with E-state index in [1.807, 2.05) is 13.0 Å². The molecule has 2 unspecified atom stereocenters. The zero-order chi connectivity index (χ0) is 17.6. The van der Waals surface area contributed by atoms with Gasteiger partial charge in [0.05, 0.1) is 19.8 Å². The maximum atomic E-state index is 11.6. The van der Waals surface area contributed by atoms with E-state index in [1.165, 1.54) is 6.08 Å². The summed E-state index contributed by atoms with van der Waals surface area (Å²) in [5.74, 6) is -0.826. The number of allylic oxidation sites excluding steroid dienone is 2. The minimum atomic E-state index is -0.512. The van der Waals surface area contributed by atoms with Crippen molar-refractivity contribution in [3.05, 3.63) is 23.8 Å². The summed E-state index contributed by atoms with van der Waals surface area (Å²) in [5, 5.41) is 0. The van der Waals surface area contributed by atoms with E-state index in [1.54, 1.807) is 6.92 Å². The van der Waals surface area contributed by atoms with Gasteiger partial charge in [-0.2, -0.15) is 0 Å². The molecule has 0 amide bonds. The first kappa shape index (κ1) is 17.6. The van der Waals surface area contributed by atoms with Gasteiger partial charge in [-0.3, -0.25) is 0 Å². The van der Waals surface area contributed by atoms with Crippen LogP contribution in [0.15, 0.2) is 23.8 Å². The van der Waals surface area contributed by atoms with Crippen LogP contribution in [-0.4, -0.2) is 42.8 Å². The molecule has 0 aromatic heterocycles. The van der Waals surface area contributed by atoms with Gasteiger partial charge in [-0.15, -0.1) is 0 Å². The molecule has 5 nitrogen and oxygen atoms in total. The number of rotatable bonds is 4. The maximum Gasteiger partial charge on any atom is 0.330 e. The van der Waals surface area contributed by atoms with Gasteiger partial charge in [0.2, 0.25) is 0 Å². The van der Waals surface area contributed by atoms with Gasteiger partial charge in [-0.25, -0.2) is 4.79 Å². The van der Waals surface area contributed by atoms with E-state index in [0.717, 1.165) is 18.4 Å². The average Bonchev–Trinajstić information content (AvgIpc) is 2.83. The summed E-state index contributed by atoms with van der Waals surface area (Å²) in [5.41, 5.74) is 0.0555. The molecule has 3 rings (SSSR count). The highest BCUT2D eigenvalue weighted by Gasteiger charge is 2.78. The Balaban J connectivity index is 1.79. The minimum Gasteiger partial charge on any atom is -0.463 e. The smallest absolute Gasteiger partial charge is 0.330 e. The van der Waals surface area contributed by atoms with E-state index < -0.39 is 5.79 Å². The van der Waals surface area contributed by atoms with Gasteiger partial charge in [0.25, 0.3) is 0 Å². The van der Waals surface area contributed by atoms with Crippen molar-refractivity contribution in [1.82, 2.24) is 0 Å². The van der Waals surface area contributed by atoms with Gasteiger partial charge >= 0.3 is 5.97 Å². The first-order valence-corrected chi connectivity index (χ1v) is 8.70. The van der Waals surface area contributed by atoms with Gasteiger partial charge in [0, 0.05) is 24.3 Å². The zero-order valence-corrected chi connectivity index (χ0v) is 15.3. The second kappa shape index (κ2) is 5.68. The van der Waals surface area contributed by atoms with Crippen LogP contribution >= 0.6 is 0 Å². The van der Waals surface area contributed by atoms with Crippen molar-refractivity contribution in [3.8, 4) is 0 Å². The average molecular weight is 336 g/mol. The number of hydrogen-bond donors (Lipinski definition) is 0. The lowest BCUT2D eigenvalue weighted by molar-refractivity contribution is -0.201. The predicted molar refractivity (Wildman–Crippen MR) is 89.4 cm³/mol. The fraction of sp³-hybridized carbons (Fsp3) is 0.737. The largest absolute Gasteiger partial charge is 0.463 e. The van der Waals surface area contributed by atoms with Crippen molar-refractivity contribution in [3.63, 3.8) is 0 Å². The van der Waals surface area contributed by atoms with Crippen molar-refractivity contribution in [2.45, 2.75) is 64.4 Å². The Morgan fingerprint density at radius 3 is 2.42 bits per heavy atom. The Morgan fingerprint density at radius 2 is 1.83 bits per heavy atom. The molecule has 5 heteroatoms. The fourth-order valence-electron chi connectivity index (χ4n) is 4.54. The molecule has 1 saturated carbocycles. The molecule has 3 aliphatic rings. The van der Waals surface area contributed by atoms with Crippen LogP contribution in [0.25, 0.3) is 0 Å². The Morgan fingerprint density at radius 1 is 1.17 bits per heavy atom. The summed E-state index contributed by atoms with van der Waals surface area (Å²) in [6.45, 7) is 11.9. The number of epoxide rings is 1. The van der Waals surface area contributed by atoms with Crippen LogP contribution in [0, 0.1) is 5.41 Å². The van der Waals surface area contributed by atoms with Crippen LogP contribution in [-0.2, 0) is 23.7 Å². The Labute approximate surface area is 144 Å². The molecule has 2 heterocycles. The molecule has 134 valence electrons. The minimum absolute atomic E-state index is 0.134. The van der Waals surface area contributed by atoms with E-state index in [2.05, 4.69) is 26.8 Å². The zero-order valence-electron chi connectivity index (χ0n) is 15.3. The normalized spacial score (nSPS) is 36.8. The van der Waals surface area contributed by atoms with E-state index in [4.69, 9.17) is 18.9 Å². The molecule has 3 fully saturated rings. The predicted octanol–water partition coefficient (Wildman–Crippen LogP) is 3.14. The number of fused-ring (bicyclic) bond motifs is 1.